The Morgan fingerprint density at radius 1 is 0.649 bits per heavy atom. The van der Waals surface area contributed by atoms with Crippen LogP contribution >= 0.6 is 15.6 Å². The molecule has 0 aliphatic rings. The quantitative estimate of drug-likeness (QED) is 0.0121. The van der Waals surface area contributed by atoms with E-state index in [9.17, 15) is 38.9 Å². The second kappa shape index (κ2) is 34.4. The summed E-state index contributed by atoms with van der Waals surface area (Å²) >= 11 is 0. The van der Waals surface area contributed by atoms with Gasteiger partial charge < -0.3 is 39.5 Å². The second-order valence-corrected chi connectivity index (χ2v) is 16.4. The number of carbonyl (C=O) groups excluding carboxylic acids is 2. The molecule has 0 aliphatic heterocycles. The fourth-order valence-electron chi connectivity index (χ4n) is 4.68. The van der Waals surface area contributed by atoms with Crippen LogP contribution in [0.3, 0.4) is 0 Å². The van der Waals surface area contributed by atoms with Gasteiger partial charge in [-0.2, -0.15) is 0 Å². The van der Waals surface area contributed by atoms with Gasteiger partial charge in [-0.15, -0.1) is 0 Å². The average Bonchev–Trinajstić information content (AvgIpc) is 3.14. The largest absolute Gasteiger partial charge is 0.472 e. The van der Waals surface area contributed by atoms with Crippen LogP contribution < -0.4 is 0 Å². The maximum absolute atomic E-state index is 12.6. The van der Waals surface area contributed by atoms with Crippen molar-refractivity contribution in [1.29, 1.82) is 0 Å². The Hall–Kier alpha value is -2.52. The van der Waals surface area contributed by atoms with Crippen molar-refractivity contribution in [2.24, 2.45) is 5.92 Å². The van der Waals surface area contributed by atoms with Crippen molar-refractivity contribution in [3.63, 3.8) is 0 Å². The molecule has 0 aromatic carbocycles. The average molecular weight is 851 g/mol. The van der Waals surface area contributed by atoms with Crippen LogP contribution in [0.5, 0.6) is 0 Å². The van der Waals surface area contributed by atoms with E-state index in [1.807, 2.05) is 43.4 Å². The van der Waals surface area contributed by atoms with E-state index in [0.717, 1.165) is 32.1 Å². The second-order valence-electron chi connectivity index (χ2n) is 13.7. The molecule has 0 aromatic rings. The molecule has 0 rings (SSSR count). The third kappa shape index (κ3) is 38.7. The third-order valence-corrected chi connectivity index (χ3v) is 9.14. The molecule has 0 heterocycles. The van der Waals surface area contributed by atoms with Gasteiger partial charge in [0.1, 0.15) is 12.7 Å². The van der Waals surface area contributed by atoms with E-state index >= 15 is 0 Å². The van der Waals surface area contributed by atoms with E-state index in [-0.39, 0.29) is 12.8 Å². The molecule has 0 radical (unpaired) electrons. The summed E-state index contributed by atoms with van der Waals surface area (Å²) in [6, 6.07) is 0. The van der Waals surface area contributed by atoms with E-state index in [0.29, 0.717) is 38.0 Å². The van der Waals surface area contributed by atoms with Gasteiger partial charge in [-0.1, -0.05) is 132 Å². The maximum Gasteiger partial charge on any atom is 0.472 e. The van der Waals surface area contributed by atoms with E-state index in [2.05, 4.69) is 22.9 Å². The number of phosphoric ester groups is 2. The predicted molar refractivity (Wildman–Crippen MR) is 219 cm³/mol. The SMILES string of the molecule is CC/C=C\C[C@@H](O)/C=C/C=C\C/C=C\C=C\[C@@H](O)/C=C\CCCC(=O)OC[C@H](COP(=O)(O)OC[C@@H](O)COP(=O)(O)O)OC(=O)CCCCCCCCC(C)C. The Balaban J connectivity index is 4.77. The summed E-state index contributed by atoms with van der Waals surface area (Å²) in [5.41, 5.74) is 0. The molecule has 0 bridgehead atoms. The van der Waals surface area contributed by atoms with Crippen molar-refractivity contribution in [3.8, 4) is 0 Å². The highest BCUT2D eigenvalue weighted by Gasteiger charge is 2.28. The van der Waals surface area contributed by atoms with Crippen LogP contribution in [0.2, 0.25) is 0 Å². The first kappa shape index (κ1) is 54.5. The Morgan fingerprint density at radius 3 is 1.93 bits per heavy atom. The van der Waals surface area contributed by atoms with Crippen LogP contribution in [0.1, 0.15) is 111 Å². The van der Waals surface area contributed by atoms with Crippen molar-refractivity contribution >= 4 is 27.6 Å². The van der Waals surface area contributed by atoms with Gasteiger partial charge in [-0.25, -0.2) is 9.13 Å². The molecule has 0 saturated carbocycles. The number of ether oxygens (including phenoxy) is 2. The molecule has 0 aliphatic carbocycles. The summed E-state index contributed by atoms with van der Waals surface area (Å²) < 4.78 is 47.4. The highest BCUT2D eigenvalue weighted by Crippen LogP contribution is 2.43. The van der Waals surface area contributed by atoms with Crippen molar-refractivity contribution < 1.29 is 71.8 Å². The number of aliphatic hydroxyl groups excluding tert-OH is 3. The molecule has 17 heteroatoms. The minimum absolute atomic E-state index is 0.00541. The molecule has 0 amide bonds. The molecule has 0 fully saturated rings. The number of carbonyl (C=O) groups is 2. The number of aliphatic hydroxyl groups is 3. The molecule has 328 valence electrons. The number of allylic oxidation sites excluding steroid dienone is 8. The smallest absolute Gasteiger partial charge is 0.462 e. The zero-order chi connectivity index (χ0) is 42.8. The topological polar surface area (TPSA) is 236 Å². The van der Waals surface area contributed by atoms with Crippen molar-refractivity contribution in [3.05, 3.63) is 72.9 Å². The first-order chi connectivity index (χ1) is 27.0. The lowest BCUT2D eigenvalue weighted by molar-refractivity contribution is -0.161. The number of unbranched alkanes of at least 4 members (excludes halogenated alkanes) is 6. The molecule has 0 spiro atoms. The van der Waals surface area contributed by atoms with Gasteiger partial charge in [-0.3, -0.25) is 23.2 Å². The summed E-state index contributed by atoms with van der Waals surface area (Å²) in [6.45, 7) is 3.49. The molecule has 57 heavy (non-hydrogen) atoms. The van der Waals surface area contributed by atoms with Gasteiger partial charge >= 0.3 is 27.6 Å². The van der Waals surface area contributed by atoms with E-state index < -0.39 is 78.4 Å². The normalized spacial score (nSPS) is 16.1. The third-order valence-electron chi connectivity index (χ3n) is 7.70. The minimum atomic E-state index is -4.88. The first-order valence-corrected chi connectivity index (χ1v) is 22.7. The van der Waals surface area contributed by atoms with Crippen LogP contribution in [-0.4, -0.2) is 92.8 Å². The summed E-state index contributed by atoms with van der Waals surface area (Å²) in [5.74, 6) is -0.560. The van der Waals surface area contributed by atoms with Crippen molar-refractivity contribution in [1.82, 2.24) is 0 Å². The van der Waals surface area contributed by atoms with Gasteiger partial charge in [-0.05, 0) is 44.4 Å². The molecular weight excluding hydrogens is 782 g/mol. The zero-order valence-corrected chi connectivity index (χ0v) is 35.6. The summed E-state index contributed by atoms with van der Waals surface area (Å²) in [6.07, 6.45) is 27.5. The van der Waals surface area contributed by atoms with Crippen LogP contribution in [0.15, 0.2) is 72.9 Å². The Morgan fingerprint density at radius 2 is 1.26 bits per heavy atom. The molecule has 15 nitrogen and oxygen atoms in total. The predicted octanol–water partition coefficient (Wildman–Crippen LogP) is 7.24. The van der Waals surface area contributed by atoms with Crippen LogP contribution in [0.25, 0.3) is 0 Å². The summed E-state index contributed by atoms with van der Waals surface area (Å²) in [7, 11) is -9.73. The zero-order valence-electron chi connectivity index (χ0n) is 33.8. The monoisotopic (exact) mass is 850 g/mol. The molecule has 6 N–H and O–H groups in total. The van der Waals surface area contributed by atoms with E-state index in [1.54, 1.807) is 36.5 Å². The summed E-state index contributed by atoms with van der Waals surface area (Å²) in [5, 5.41) is 29.7. The highest BCUT2D eigenvalue weighted by atomic mass is 31.2. The number of hydrogen-bond acceptors (Lipinski definition) is 12. The molecule has 5 atom stereocenters. The molecular formula is C40H68O15P2. The number of hydrogen-bond donors (Lipinski definition) is 6. The van der Waals surface area contributed by atoms with Gasteiger partial charge in [0.15, 0.2) is 6.10 Å². The fraction of sp³-hybridized carbons (Fsp3) is 0.650. The van der Waals surface area contributed by atoms with Gasteiger partial charge in [0.05, 0.1) is 32.0 Å². The molecule has 1 unspecified atom stereocenters. The lowest BCUT2D eigenvalue weighted by atomic mass is 10.0. The maximum atomic E-state index is 12.6. The van der Waals surface area contributed by atoms with Crippen LogP contribution in [-0.2, 0) is 41.8 Å². The Kier molecular flexibility index (Phi) is 32.8. The Labute approximate surface area is 339 Å². The van der Waals surface area contributed by atoms with Crippen LogP contribution in [0.4, 0.5) is 0 Å². The lowest BCUT2D eigenvalue weighted by Crippen LogP contribution is -2.30. The summed E-state index contributed by atoms with van der Waals surface area (Å²) in [4.78, 5) is 52.4. The standard InChI is InChI=1S/C40H68O15P2/c1-4-5-16-24-35(41)25-18-12-7-6-8-13-19-26-36(42)27-20-15-22-28-39(44)51-32-38(55-40(45)29-21-14-10-9-11-17-23-34(2)3)33-54-57(49,50)53-31-37(43)30-52-56(46,47)48/h5,7-8,12-13,16,18-20,25-27,34-38,41-43H,4,6,9-11,14-15,17,21-24,28-33H2,1-3H3,(H,49,50)(H2,46,47,48)/b12-7-,13-8-,16-5-,25-18+,26-19+,27-20-/t35-,36-,37+,38-/m1/s1. The number of phosphoric acid groups is 2. The highest BCUT2D eigenvalue weighted by molar-refractivity contribution is 7.47. The van der Waals surface area contributed by atoms with Gasteiger partial charge in [0.25, 0.3) is 0 Å². The molecule has 0 aromatic heterocycles. The van der Waals surface area contributed by atoms with Gasteiger partial charge in [0.2, 0.25) is 0 Å². The Bertz CT molecular complexity index is 1340. The number of esters is 2. The van der Waals surface area contributed by atoms with Gasteiger partial charge in [0, 0.05) is 12.8 Å². The van der Waals surface area contributed by atoms with Crippen molar-refractivity contribution in [2.75, 3.05) is 26.4 Å². The molecule has 0 saturated heterocycles. The minimum Gasteiger partial charge on any atom is -0.462 e. The first-order valence-electron chi connectivity index (χ1n) is 19.7. The fourth-order valence-corrected chi connectivity index (χ4v) is 5.84. The number of rotatable bonds is 35. The van der Waals surface area contributed by atoms with Crippen molar-refractivity contribution in [2.45, 2.75) is 135 Å². The van der Waals surface area contributed by atoms with Crippen LogP contribution in [0, 0.1) is 5.92 Å². The lowest BCUT2D eigenvalue weighted by Gasteiger charge is -2.20. The van der Waals surface area contributed by atoms with E-state index in [4.69, 9.17) is 23.8 Å². The van der Waals surface area contributed by atoms with E-state index in [1.165, 1.54) is 12.8 Å².